The zero-order valence-electron chi connectivity index (χ0n) is 7.70. The number of hydrogen-bond acceptors (Lipinski definition) is 2. The van der Waals surface area contributed by atoms with Crippen molar-refractivity contribution in [2.24, 2.45) is 10.8 Å². The molecule has 1 saturated carbocycles. The highest BCUT2D eigenvalue weighted by Crippen LogP contribution is 2.24. The van der Waals surface area contributed by atoms with Gasteiger partial charge in [0.25, 0.3) is 0 Å². The normalized spacial score (nSPS) is 16.9. The first-order valence-electron chi connectivity index (χ1n) is 4.60. The van der Waals surface area contributed by atoms with Crippen molar-refractivity contribution in [2.45, 2.75) is 18.9 Å². The first kappa shape index (κ1) is 9.49. The first-order valence-corrected chi connectivity index (χ1v) is 4.98. The van der Waals surface area contributed by atoms with E-state index >= 15 is 0 Å². The Hall–Kier alpha value is -1.06. The van der Waals surface area contributed by atoms with Gasteiger partial charge in [0.2, 0.25) is 0 Å². The van der Waals surface area contributed by atoms with E-state index < -0.39 is 0 Å². The minimum Gasteiger partial charge on any atom is -0.308 e. The van der Waals surface area contributed by atoms with Gasteiger partial charge in [-0.2, -0.15) is 0 Å². The number of hydrazine groups is 1. The molecule has 14 heavy (non-hydrogen) atoms. The largest absolute Gasteiger partial charge is 0.308 e. The highest BCUT2D eigenvalue weighted by molar-refractivity contribution is 6.30. The SMILES string of the molecule is NNC(=NC1CC1)c1ccc(Cl)cc1. The van der Waals surface area contributed by atoms with Gasteiger partial charge in [-0.05, 0) is 37.1 Å². The highest BCUT2D eigenvalue weighted by atomic mass is 35.5. The molecule has 0 heterocycles. The van der Waals surface area contributed by atoms with Crippen LogP contribution in [0.4, 0.5) is 0 Å². The predicted octanol–water partition coefficient (Wildman–Crippen LogP) is 1.71. The van der Waals surface area contributed by atoms with Gasteiger partial charge >= 0.3 is 0 Å². The lowest BCUT2D eigenvalue weighted by Crippen LogP contribution is -2.31. The van der Waals surface area contributed by atoms with Gasteiger partial charge in [-0.15, -0.1) is 0 Å². The Bertz CT molecular complexity index is 341. The van der Waals surface area contributed by atoms with E-state index in [0.717, 1.165) is 16.4 Å². The monoisotopic (exact) mass is 209 g/mol. The van der Waals surface area contributed by atoms with Crippen LogP contribution in [0.25, 0.3) is 0 Å². The maximum Gasteiger partial charge on any atom is 0.142 e. The second kappa shape index (κ2) is 3.98. The van der Waals surface area contributed by atoms with Crippen molar-refractivity contribution in [1.29, 1.82) is 0 Å². The van der Waals surface area contributed by atoms with Crippen molar-refractivity contribution in [3.63, 3.8) is 0 Å². The second-order valence-corrected chi connectivity index (χ2v) is 3.80. The van der Waals surface area contributed by atoms with Gasteiger partial charge in [-0.1, -0.05) is 11.6 Å². The zero-order valence-corrected chi connectivity index (χ0v) is 8.46. The van der Waals surface area contributed by atoms with Crippen LogP contribution in [0.3, 0.4) is 0 Å². The van der Waals surface area contributed by atoms with Gasteiger partial charge in [0.05, 0.1) is 6.04 Å². The standard InChI is InChI=1S/C10H12ClN3/c11-8-3-1-7(2-4-8)10(14-12)13-9-5-6-9/h1-4,9H,5-6,12H2,(H,13,14). The Labute approximate surface area is 87.9 Å². The third-order valence-corrected chi connectivity index (χ3v) is 2.36. The van der Waals surface area contributed by atoms with Crippen molar-refractivity contribution >= 4 is 17.4 Å². The van der Waals surface area contributed by atoms with E-state index in [2.05, 4.69) is 10.4 Å². The third-order valence-electron chi connectivity index (χ3n) is 2.11. The number of hydrogen-bond donors (Lipinski definition) is 2. The topological polar surface area (TPSA) is 50.4 Å². The van der Waals surface area contributed by atoms with Crippen LogP contribution in [0.5, 0.6) is 0 Å². The van der Waals surface area contributed by atoms with Crippen LogP contribution < -0.4 is 11.3 Å². The van der Waals surface area contributed by atoms with E-state index in [0.29, 0.717) is 6.04 Å². The molecule has 0 atom stereocenters. The minimum atomic E-state index is 0.455. The lowest BCUT2D eigenvalue weighted by Gasteiger charge is -2.05. The van der Waals surface area contributed by atoms with Crippen LogP contribution >= 0.6 is 11.6 Å². The molecule has 0 bridgehead atoms. The second-order valence-electron chi connectivity index (χ2n) is 3.36. The van der Waals surface area contributed by atoms with E-state index in [4.69, 9.17) is 17.4 Å². The summed E-state index contributed by atoms with van der Waals surface area (Å²) in [4.78, 5) is 4.44. The minimum absolute atomic E-state index is 0.455. The fourth-order valence-electron chi connectivity index (χ4n) is 1.19. The van der Waals surface area contributed by atoms with Crippen molar-refractivity contribution < 1.29 is 0 Å². The third kappa shape index (κ3) is 2.25. The van der Waals surface area contributed by atoms with E-state index in [1.165, 1.54) is 12.8 Å². The van der Waals surface area contributed by atoms with Gasteiger partial charge in [0.15, 0.2) is 0 Å². The maximum atomic E-state index is 5.79. The van der Waals surface area contributed by atoms with Gasteiger partial charge < -0.3 is 5.43 Å². The molecule has 0 radical (unpaired) electrons. The van der Waals surface area contributed by atoms with E-state index in [1.807, 2.05) is 24.3 Å². The summed E-state index contributed by atoms with van der Waals surface area (Å²) in [6.45, 7) is 0. The molecular weight excluding hydrogens is 198 g/mol. The summed E-state index contributed by atoms with van der Waals surface area (Å²) in [5.41, 5.74) is 3.59. The highest BCUT2D eigenvalue weighted by Gasteiger charge is 2.21. The Morgan fingerprint density at radius 1 is 1.36 bits per heavy atom. The molecule has 0 amide bonds. The predicted molar refractivity (Wildman–Crippen MR) is 58.3 cm³/mol. The fraction of sp³-hybridized carbons (Fsp3) is 0.300. The molecule has 1 aromatic rings. The van der Waals surface area contributed by atoms with Gasteiger partial charge in [-0.25, -0.2) is 5.84 Å². The van der Waals surface area contributed by atoms with Gasteiger partial charge in [0.1, 0.15) is 5.84 Å². The Balaban J connectivity index is 2.22. The Kier molecular flexibility index (Phi) is 2.70. The summed E-state index contributed by atoms with van der Waals surface area (Å²) in [7, 11) is 0. The van der Waals surface area contributed by atoms with Crippen molar-refractivity contribution in [3.05, 3.63) is 34.9 Å². The number of nitrogens with one attached hydrogen (secondary N) is 1. The van der Waals surface area contributed by atoms with E-state index in [9.17, 15) is 0 Å². The molecule has 3 nitrogen and oxygen atoms in total. The molecule has 3 N–H and O–H groups in total. The molecular formula is C10H12ClN3. The molecule has 0 spiro atoms. The van der Waals surface area contributed by atoms with Crippen molar-refractivity contribution in [1.82, 2.24) is 5.43 Å². The van der Waals surface area contributed by atoms with Crippen molar-refractivity contribution in [3.8, 4) is 0 Å². The van der Waals surface area contributed by atoms with E-state index in [-0.39, 0.29) is 0 Å². The molecule has 1 aliphatic rings. The average Bonchev–Trinajstić information content (AvgIpc) is 3.00. The first-order chi connectivity index (χ1) is 6.79. The number of amidine groups is 1. The number of rotatable bonds is 2. The smallest absolute Gasteiger partial charge is 0.142 e. The van der Waals surface area contributed by atoms with Crippen LogP contribution in [0, 0.1) is 0 Å². The average molecular weight is 210 g/mol. The molecule has 4 heteroatoms. The van der Waals surface area contributed by atoms with Gasteiger partial charge in [-0.3, -0.25) is 4.99 Å². The summed E-state index contributed by atoms with van der Waals surface area (Å²) in [5.74, 6) is 6.15. The van der Waals surface area contributed by atoms with Crippen LogP contribution in [0.1, 0.15) is 18.4 Å². The molecule has 1 fully saturated rings. The zero-order chi connectivity index (χ0) is 9.97. The molecule has 1 aliphatic carbocycles. The molecule has 0 saturated heterocycles. The van der Waals surface area contributed by atoms with Crippen LogP contribution in [-0.4, -0.2) is 11.9 Å². The molecule has 74 valence electrons. The molecule has 0 aromatic heterocycles. The number of nitrogens with two attached hydrogens (primary N) is 1. The Morgan fingerprint density at radius 3 is 2.50 bits per heavy atom. The van der Waals surface area contributed by atoms with E-state index in [1.54, 1.807) is 0 Å². The summed E-state index contributed by atoms with van der Waals surface area (Å²) < 4.78 is 0. The molecule has 1 aromatic carbocycles. The van der Waals surface area contributed by atoms with Gasteiger partial charge in [0, 0.05) is 10.6 Å². The molecule has 0 aliphatic heterocycles. The summed E-state index contributed by atoms with van der Waals surface area (Å²) >= 11 is 5.79. The van der Waals surface area contributed by atoms with Crippen molar-refractivity contribution in [2.75, 3.05) is 0 Å². The summed E-state index contributed by atoms with van der Waals surface area (Å²) in [6.07, 6.45) is 2.33. The number of nitrogens with zero attached hydrogens (tertiary/aromatic N) is 1. The number of benzene rings is 1. The van der Waals surface area contributed by atoms with Crippen LogP contribution in [0.15, 0.2) is 29.3 Å². The molecule has 0 unspecified atom stereocenters. The quantitative estimate of drug-likeness (QED) is 0.337. The van der Waals surface area contributed by atoms with Crippen LogP contribution in [-0.2, 0) is 0 Å². The summed E-state index contributed by atoms with van der Waals surface area (Å²) in [6, 6.07) is 7.93. The lowest BCUT2D eigenvalue weighted by atomic mass is 10.2. The summed E-state index contributed by atoms with van der Waals surface area (Å²) in [5, 5.41) is 0.719. The maximum absolute atomic E-state index is 5.79. The lowest BCUT2D eigenvalue weighted by molar-refractivity contribution is 0.971. The van der Waals surface area contributed by atoms with Crippen LogP contribution in [0.2, 0.25) is 5.02 Å². The molecule has 2 rings (SSSR count). The number of aliphatic imine (C=N–C) groups is 1. The Morgan fingerprint density at radius 2 is 2.00 bits per heavy atom. The fourth-order valence-corrected chi connectivity index (χ4v) is 1.32. The number of halogens is 1.